The highest BCUT2D eigenvalue weighted by molar-refractivity contribution is 5.40. The molecule has 0 bridgehead atoms. The van der Waals surface area contributed by atoms with E-state index in [0.717, 1.165) is 11.1 Å². The molecular weight excluding hydrogens is 284 g/mol. The number of rotatable bonds is 2. The average molecular weight is 302 g/mol. The maximum absolute atomic E-state index is 9.93. The first-order valence-corrected chi connectivity index (χ1v) is 7.61. The van der Waals surface area contributed by atoms with Crippen molar-refractivity contribution < 1.29 is 0 Å². The zero-order valence-electron chi connectivity index (χ0n) is 13.3. The molecule has 1 aromatic carbocycles. The molecule has 114 valence electrons. The minimum absolute atomic E-state index is 0.145. The molecule has 2 atom stereocenters. The summed E-state index contributed by atoms with van der Waals surface area (Å²) in [7, 11) is 1.97. The Kier molecular flexibility index (Phi) is 3.86. The number of nitrogens with zero attached hydrogens (tertiary/aromatic N) is 4. The molecule has 0 spiro atoms. The van der Waals surface area contributed by atoms with Gasteiger partial charge in [-0.2, -0.15) is 10.5 Å². The summed E-state index contributed by atoms with van der Waals surface area (Å²) in [5, 5.41) is 19.9. The lowest BCUT2D eigenvalue weighted by Gasteiger charge is -2.28. The molecule has 0 radical (unpaired) electrons. The van der Waals surface area contributed by atoms with Crippen molar-refractivity contribution in [1.29, 1.82) is 10.5 Å². The third-order valence-corrected chi connectivity index (χ3v) is 4.74. The molecule has 2 aromatic rings. The van der Waals surface area contributed by atoms with Gasteiger partial charge in [0.15, 0.2) is 5.41 Å². The molecule has 1 aromatic heterocycles. The van der Waals surface area contributed by atoms with Crippen LogP contribution in [0, 0.1) is 35.0 Å². The van der Waals surface area contributed by atoms with Crippen molar-refractivity contribution >= 4 is 0 Å². The third-order valence-electron chi connectivity index (χ3n) is 4.74. The third kappa shape index (κ3) is 2.38. The Balaban J connectivity index is 2.11. The van der Waals surface area contributed by atoms with E-state index in [2.05, 4.69) is 22.0 Å². The van der Waals surface area contributed by atoms with Gasteiger partial charge < -0.3 is 0 Å². The molecule has 0 N–H and O–H groups in total. The van der Waals surface area contributed by atoms with Crippen LogP contribution in [0.15, 0.2) is 48.8 Å². The molecule has 1 aliphatic rings. The quantitative estimate of drug-likeness (QED) is 0.854. The number of aryl methyl sites for hydroxylation is 1. The van der Waals surface area contributed by atoms with Crippen LogP contribution < -0.4 is 0 Å². The van der Waals surface area contributed by atoms with Crippen LogP contribution in [-0.4, -0.2) is 23.5 Å². The Morgan fingerprint density at radius 3 is 2.39 bits per heavy atom. The van der Waals surface area contributed by atoms with Gasteiger partial charge in [0.25, 0.3) is 0 Å². The molecule has 0 saturated carbocycles. The second kappa shape index (κ2) is 5.83. The van der Waals surface area contributed by atoms with Crippen molar-refractivity contribution in [3.8, 4) is 12.1 Å². The number of aromatic nitrogens is 1. The Hall–Kier alpha value is -2.69. The van der Waals surface area contributed by atoms with E-state index in [1.807, 2.05) is 50.4 Å². The lowest BCUT2D eigenvalue weighted by Crippen LogP contribution is -2.30. The Labute approximate surface area is 136 Å². The first kappa shape index (κ1) is 15.2. The van der Waals surface area contributed by atoms with Crippen LogP contribution in [0.3, 0.4) is 0 Å². The minimum Gasteiger partial charge on any atom is -0.296 e. The maximum atomic E-state index is 9.93. The Morgan fingerprint density at radius 1 is 1.13 bits per heavy atom. The predicted molar refractivity (Wildman–Crippen MR) is 87.2 cm³/mol. The zero-order chi connectivity index (χ0) is 16.4. The number of benzene rings is 1. The zero-order valence-corrected chi connectivity index (χ0v) is 13.3. The molecule has 3 rings (SSSR count). The molecule has 0 unspecified atom stereocenters. The van der Waals surface area contributed by atoms with Gasteiger partial charge in [-0.25, -0.2) is 0 Å². The predicted octanol–water partition coefficient (Wildman–Crippen LogP) is 3.19. The summed E-state index contributed by atoms with van der Waals surface area (Å²) in [5.74, 6) is -0.145. The van der Waals surface area contributed by atoms with E-state index in [0.29, 0.717) is 6.54 Å². The largest absolute Gasteiger partial charge is 0.296 e. The van der Waals surface area contributed by atoms with Crippen molar-refractivity contribution in [2.75, 3.05) is 13.6 Å². The molecule has 2 heterocycles. The molecule has 23 heavy (non-hydrogen) atoms. The first-order valence-electron chi connectivity index (χ1n) is 7.61. The van der Waals surface area contributed by atoms with Gasteiger partial charge >= 0.3 is 0 Å². The first-order chi connectivity index (χ1) is 11.1. The Bertz CT molecular complexity index is 754. The fraction of sp³-hybridized carbons (Fsp3) is 0.316. The number of hydrogen-bond acceptors (Lipinski definition) is 4. The molecule has 1 saturated heterocycles. The van der Waals surface area contributed by atoms with Crippen LogP contribution in [0.1, 0.15) is 28.7 Å². The van der Waals surface area contributed by atoms with E-state index >= 15 is 0 Å². The molecule has 1 aliphatic heterocycles. The topological polar surface area (TPSA) is 63.7 Å². The SMILES string of the molecule is Cc1ccc([C@@H]2CN(C)[C@H](c3cccnc3)C2(C#N)C#N)cc1. The molecule has 0 aliphatic carbocycles. The van der Waals surface area contributed by atoms with Crippen LogP contribution in [0.4, 0.5) is 0 Å². The van der Waals surface area contributed by atoms with Crippen molar-refractivity contribution in [3.05, 3.63) is 65.5 Å². The lowest BCUT2D eigenvalue weighted by atomic mass is 9.71. The maximum Gasteiger partial charge on any atom is 0.171 e. The van der Waals surface area contributed by atoms with E-state index in [1.165, 1.54) is 5.56 Å². The van der Waals surface area contributed by atoms with E-state index < -0.39 is 5.41 Å². The summed E-state index contributed by atoms with van der Waals surface area (Å²) in [6, 6.07) is 16.3. The van der Waals surface area contributed by atoms with Crippen molar-refractivity contribution in [1.82, 2.24) is 9.88 Å². The van der Waals surface area contributed by atoms with E-state index in [-0.39, 0.29) is 12.0 Å². The average Bonchev–Trinajstić information content (AvgIpc) is 2.89. The normalized spacial score (nSPS) is 23.1. The summed E-state index contributed by atoms with van der Waals surface area (Å²) in [6.07, 6.45) is 3.46. The second-order valence-electron chi connectivity index (χ2n) is 6.18. The van der Waals surface area contributed by atoms with E-state index in [1.54, 1.807) is 12.4 Å². The van der Waals surface area contributed by atoms with Crippen LogP contribution in [0.5, 0.6) is 0 Å². The molecule has 1 fully saturated rings. The van der Waals surface area contributed by atoms with Gasteiger partial charge in [-0.1, -0.05) is 35.9 Å². The fourth-order valence-electron chi connectivity index (χ4n) is 3.60. The highest BCUT2D eigenvalue weighted by atomic mass is 15.2. The van der Waals surface area contributed by atoms with Crippen LogP contribution in [0.25, 0.3) is 0 Å². The van der Waals surface area contributed by atoms with Crippen LogP contribution >= 0.6 is 0 Å². The number of nitriles is 2. The second-order valence-corrected chi connectivity index (χ2v) is 6.18. The number of hydrogen-bond donors (Lipinski definition) is 0. The van der Waals surface area contributed by atoms with Gasteiger partial charge in [0.05, 0.1) is 18.2 Å². The highest BCUT2D eigenvalue weighted by Gasteiger charge is 2.55. The van der Waals surface area contributed by atoms with Crippen molar-refractivity contribution in [2.45, 2.75) is 18.9 Å². The van der Waals surface area contributed by atoms with Crippen LogP contribution in [-0.2, 0) is 0 Å². The summed E-state index contributed by atoms with van der Waals surface area (Å²) < 4.78 is 0. The summed E-state index contributed by atoms with van der Waals surface area (Å²) in [4.78, 5) is 6.25. The molecule has 0 amide bonds. The van der Waals surface area contributed by atoms with Gasteiger partial charge in [0.2, 0.25) is 0 Å². The van der Waals surface area contributed by atoms with Gasteiger partial charge in [0.1, 0.15) is 0 Å². The van der Waals surface area contributed by atoms with Crippen LogP contribution in [0.2, 0.25) is 0 Å². The Morgan fingerprint density at radius 2 is 1.83 bits per heavy atom. The highest BCUT2D eigenvalue weighted by Crippen LogP contribution is 2.53. The molecular formula is C19H18N4. The van der Waals surface area contributed by atoms with Crippen molar-refractivity contribution in [2.24, 2.45) is 5.41 Å². The smallest absolute Gasteiger partial charge is 0.171 e. The summed E-state index contributed by atoms with van der Waals surface area (Å²) in [6.45, 7) is 2.70. The van der Waals surface area contributed by atoms with Gasteiger partial charge in [-0.05, 0) is 31.2 Å². The number of pyridine rings is 1. The van der Waals surface area contributed by atoms with Crippen molar-refractivity contribution in [3.63, 3.8) is 0 Å². The summed E-state index contributed by atoms with van der Waals surface area (Å²) in [5.41, 5.74) is 2.00. The monoisotopic (exact) mass is 302 g/mol. The summed E-state index contributed by atoms with van der Waals surface area (Å²) >= 11 is 0. The molecule has 4 nitrogen and oxygen atoms in total. The number of likely N-dealkylation sites (N-methyl/N-ethyl adjacent to an activating group) is 1. The van der Waals surface area contributed by atoms with Gasteiger partial charge in [0, 0.05) is 24.9 Å². The fourth-order valence-corrected chi connectivity index (χ4v) is 3.60. The lowest BCUT2D eigenvalue weighted by molar-refractivity contribution is 0.267. The van der Waals surface area contributed by atoms with Gasteiger partial charge in [-0.3, -0.25) is 9.88 Å². The molecule has 4 heteroatoms. The van der Waals surface area contributed by atoms with E-state index in [9.17, 15) is 10.5 Å². The van der Waals surface area contributed by atoms with Gasteiger partial charge in [-0.15, -0.1) is 0 Å². The standard InChI is InChI=1S/C19H18N4/c1-14-5-7-15(8-6-14)17-11-23(2)18(19(17,12-20)13-21)16-4-3-9-22-10-16/h3-10,17-18H,11H2,1-2H3/t17-,18+/m0/s1. The minimum atomic E-state index is -1.12. The van der Waals surface area contributed by atoms with E-state index in [4.69, 9.17) is 0 Å². The number of likely N-dealkylation sites (tertiary alicyclic amines) is 1.